The third kappa shape index (κ3) is 4.85. The summed E-state index contributed by atoms with van der Waals surface area (Å²) in [6.07, 6.45) is 7.61. The van der Waals surface area contributed by atoms with E-state index in [4.69, 9.17) is 27.9 Å². The van der Waals surface area contributed by atoms with Gasteiger partial charge in [0.25, 0.3) is 0 Å². The van der Waals surface area contributed by atoms with Crippen molar-refractivity contribution in [3.8, 4) is 0 Å². The first-order valence-corrected chi connectivity index (χ1v) is 10.4. The summed E-state index contributed by atoms with van der Waals surface area (Å²) in [5.41, 5.74) is 1.58. The van der Waals surface area contributed by atoms with Crippen LogP contribution in [-0.2, 0) is 14.3 Å². The van der Waals surface area contributed by atoms with E-state index in [1.54, 1.807) is 25.1 Å². The van der Waals surface area contributed by atoms with Gasteiger partial charge < -0.3 is 10.1 Å². The summed E-state index contributed by atoms with van der Waals surface area (Å²) in [5.74, 6) is -1.03. The smallest absolute Gasteiger partial charge is 0.336 e. The summed E-state index contributed by atoms with van der Waals surface area (Å²) in [4.78, 5) is 25.2. The molecule has 1 aliphatic heterocycles. The number of esters is 1. The Morgan fingerprint density at radius 3 is 2.30 bits per heavy atom. The first-order valence-electron chi connectivity index (χ1n) is 9.63. The number of hydrogen-bond acceptors (Lipinski definition) is 3. The van der Waals surface area contributed by atoms with Gasteiger partial charge in [-0.2, -0.15) is 0 Å². The quantitative estimate of drug-likeness (QED) is 0.667. The van der Waals surface area contributed by atoms with Crippen LogP contribution in [0, 0.1) is 0 Å². The average molecular weight is 410 g/mol. The Morgan fingerprint density at radius 2 is 1.67 bits per heavy atom. The van der Waals surface area contributed by atoms with Crippen LogP contribution < -0.4 is 5.32 Å². The number of benzene rings is 1. The van der Waals surface area contributed by atoms with Crippen LogP contribution in [-0.4, -0.2) is 18.0 Å². The molecule has 2 aliphatic rings. The predicted molar refractivity (Wildman–Crippen MR) is 107 cm³/mol. The number of carbonyl (C=O) groups is 2. The first-order chi connectivity index (χ1) is 13.0. The number of nitrogens with one attached hydrogen (secondary N) is 1. The molecule has 146 valence electrons. The van der Waals surface area contributed by atoms with Crippen LogP contribution in [0.3, 0.4) is 0 Å². The van der Waals surface area contributed by atoms with Crippen molar-refractivity contribution in [2.75, 3.05) is 0 Å². The molecule has 1 saturated carbocycles. The van der Waals surface area contributed by atoms with Crippen molar-refractivity contribution >= 4 is 35.1 Å². The van der Waals surface area contributed by atoms with E-state index in [-0.39, 0.29) is 24.4 Å². The van der Waals surface area contributed by atoms with Crippen LogP contribution in [0.25, 0.3) is 0 Å². The molecular weight excluding hydrogens is 385 g/mol. The molecule has 6 heteroatoms. The molecule has 1 N–H and O–H groups in total. The lowest BCUT2D eigenvalue weighted by molar-refractivity contribution is -0.145. The van der Waals surface area contributed by atoms with Crippen molar-refractivity contribution in [1.29, 1.82) is 0 Å². The lowest BCUT2D eigenvalue weighted by atomic mass is 9.84. The van der Waals surface area contributed by atoms with E-state index < -0.39 is 5.92 Å². The highest BCUT2D eigenvalue weighted by molar-refractivity contribution is 6.36. The molecule has 1 aromatic carbocycles. The van der Waals surface area contributed by atoms with Gasteiger partial charge in [-0.05, 0) is 50.3 Å². The maximum atomic E-state index is 13.1. The number of ether oxygens (including phenoxy) is 1. The SMILES string of the molecule is CC1=C(C(=O)OC2CCCCCCC2)[C@@H](c2c(Cl)cccc2Cl)CC(=O)N1. The minimum atomic E-state index is -0.499. The van der Waals surface area contributed by atoms with E-state index in [0.29, 0.717) is 26.9 Å². The molecule has 0 unspecified atom stereocenters. The molecule has 1 heterocycles. The summed E-state index contributed by atoms with van der Waals surface area (Å²) in [5, 5.41) is 3.66. The van der Waals surface area contributed by atoms with Gasteiger partial charge in [0, 0.05) is 28.1 Å². The number of halogens is 2. The van der Waals surface area contributed by atoms with Crippen LogP contribution in [0.4, 0.5) is 0 Å². The molecule has 3 rings (SSSR count). The predicted octanol–water partition coefficient (Wildman–Crippen LogP) is 5.53. The van der Waals surface area contributed by atoms with Crippen molar-refractivity contribution in [1.82, 2.24) is 5.32 Å². The zero-order chi connectivity index (χ0) is 19.4. The van der Waals surface area contributed by atoms with Crippen LogP contribution in [0.2, 0.25) is 10.0 Å². The van der Waals surface area contributed by atoms with Crippen molar-refractivity contribution < 1.29 is 14.3 Å². The van der Waals surface area contributed by atoms with Gasteiger partial charge in [0.1, 0.15) is 6.10 Å². The molecule has 1 aromatic rings. The van der Waals surface area contributed by atoms with Crippen LogP contribution in [0.1, 0.15) is 69.8 Å². The molecule has 0 aromatic heterocycles. The van der Waals surface area contributed by atoms with E-state index in [9.17, 15) is 9.59 Å². The van der Waals surface area contributed by atoms with Crippen LogP contribution in [0.15, 0.2) is 29.5 Å². The van der Waals surface area contributed by atoms with E-state index in [1.165, 1.54) is 19.3 Å². The lowest BCUT2D eigenvalue weighted by Crippen LogP contribution is -2.35. The van der Waals surface area contributed by atoms with Gasteiger partial charge in [-0.3, -0.25) is 4.79 Å². The van der Waals surface area contributed by atoms with Gasteiger partial charge in [-0.1, -0.05) is 48.5 Å². The third-order valence-corrected chi connectivity index (χ3v) is 6.02. The van der Waals surface area contributed by atoms with Crippen molar-refractivity contribution in [2.24, 2.45) is 0 Å². The van der Waals surface area contributed by atoms with E-state index in [2.05, 4.69) is 5.32 Å². The zero-order valence-electron chi connectivity index (χ0n) is 15.5. The monoisotopic (exact) mass is 409 g/mol. The number of amides is 1. The van der Waals surface area contributed by atoms with Crippen molar-refractivity contribution in [2.45, 2.75) is 70.3 Å². The molecule has 1 fully saturated rings. The normalized spacial score (nSPS) is 22.0. The average Bonchev–Trinajstić information content (AvgIpc) is 2.56. The maximum absolute atomic E-state index is 13.1. The molecular formula is C21H25Cl2NO3. The minimum absolute atomic E-state index is 0.0712. The number of rotatable bonds is 3. The molecule has 0 radical (unpaired) electrons. The fourth-order valence-electron chi connectivity index (χ4n) is 4.01. The lowest BCUT2D eigenvalue weighted by Gasteiger charge is -2.29. The molecule has 1 atom stereocenters. The molecule has 0 bridgehead atoms. The van der Waals surface area contributed by atoms with Crippen molar-refractivity contribution in [3.63, 3.8) is 0 Å². The second-order valence-electron chi connectivity index (χ2n) is 7.35. The Morgan fingerprint density at radius 1 is 1.07 bits per heavy atom. The standard InChI is InChI=1S/C21H25Cl2NO3/c1-13-19(21(26)27-14-8-5-3-2-4-6-9-14)15(12-18(25)24-13)20-16(22)10-7-11-17(20)23/h7,10-11,14-15H,2-6,8-9,12H2,1H3,(H,24,25)/t15-/m0/s1. The van der Waals surface area contributed by atoms with Crippen LogP contribution in [0.5, 0.6) is 0 Å². The minimum Gasteiger partial charge on any atom is -0.459 e. The topological polar surface area (TPSA) is 55.4 Å². The number of carbonyl (C=O) groups excluding carboxylic acids is 2. The van der Waals surface area contributed by atoms with E-state index >= 15 is 0 Å². The maximum Gasteiger partial charge on any atom is 0.336 e. The fourth-order valence-corrected chi connectivity index (χ4v) is 4.67. The van der Waals surface area contributed by atoms with Gasteiger partial charge in [0.05, 0.1) is 5.57 Å². The van der Waals surface area contributed by atoms with Gasteiger partial charge in [0.2, 0.25) is 5.91 Å². The summed E-state index contributed by atoms with van der Waals surface area (Å²) < 4.78 is 5.87. The van der Waals surface area contributed by atoms with Gasteiger partial charge >= 0.3 is 5.97 Å². The molecule has 0 spiro atoms. The Hall–Kier alpha value is -1.52. The summed E-state index contributed by atoms with van der Waals surface area (Å²) >= 11 is 12.7. The Kier molecular flexibility index (Phi) is 6.83. The van der Waals surface area contributed by atoms with Crippen molar-refractivity contribution in [3.05, 3.63) is 45.1 Å². The first kappa shape index (κ1) is 20.2. The summed E-state index contributed by atoms with van der Waals surface area (Å²) in [7, 11) is 0. The molecule has 4 nitrogen and oxygen atoms in total. The molecule has 0 saturated heterocycles. The number of allylic oxidation sites excluding steroid dienone is 1. The highest BCUT2D eigenvalue weighted by Gasteiger charge is 2.35. The van der Waals surface area contributed by atoms with E-state index in [1.807, 2.05) is 0 Å². The Balaban J connectivity index is 1.88. The largest absolute Gasteiger partial charge is 0.459 e. The van der Waals surface area contributed by atoms with Gasteiger partial charge in [-0.25, -0.2) is 4.79 Å². The van der Waals surface area contributed by atoms with Gasteiger partial charge in [0.15, 0.2) is 0 Å². The Labute approximate surface area is 170 Å². The fraction of sp³-hybridized carbons (Fsp3) is 0.524. The molecule has 1 amide bonds. The van der Waals surface area contributed by atoms with E-state index in [0.717, 1.165) is 25.7 Å². The van der Waals surface area contributed by atoms with Gasteiger partial charge in [-0.15, -0.1) is 0 Å². The second-order valence-corrected chi connectivity index (χ2v) is 8.17. The zero-order valence-corrected chi connectivity index (χ0v) is 17.0. The summed E-state index contributed by atoms with van der Waals surface area (Å²) in [6, 6.07) is 5.20. The summed E-state index contributed by atoms with van der Waals surface area (Å²) in [6.45, 7) is 1.73. The highest BCUT2D eigenvalue weighted by Crippen LogP contribution is 2.41. The number of hydrogen-bond donors (Lipinski definition) is 1. The second kappa shape index (κ2) is 9.11. The molecule has 1 aliphatic carbocycles. The third-order valence-electron chi connectivity index (χ3n) is 5.36. The Bertz CT molecular complexity index is 732. The molecule has 27 heavy (non-hydrogen) atoms. The van der Waals surface area contributed by atoms with Crippen LogP contribution >= 0.6 is 23.2 Å². The highest BCUT2D eigenvalue weighted by atomic mass is 35.5.